The van der Waals surface area contributed by atoms with Crippen LogP contribution in [0.25, 0.3) is 11.1 Å². The molecule has 3 aromatic rings. The summed E-state index contributed by atoms with van der Waals surface area (Å²) in [4.78, 5) is 14.8. The fraction of sp³-hybridized carbons (Fsp3) is 0. The lowest BCUT2D eigenvalue weighted by molar-refractivity contribution is 0.430. The van der Waals surface area contributed by atoms with Gasteiger partial charge in [0.25, 0.3) is 0 Å². The molecule has 3 aromatic heterocycles. The summed E-state index contributed by atoms with van der Waals surface area (Å²) in [7, 11) is 0. The molecule has 5 nitrogen and oxygen atoms in total. The summed E-state index contributed by atoms with van der Waals surface area (Å²) < 4.78 is 0. The van der Waals surface area contributed by atoms with Gasteiger partial charge in [-0.15, -0.1) is 0 Å². The van der Waals surface area contributed by atoms with Crippen LogP contribution in [-0.4, -0.2) is 25.0 Å². The summed E-state index contributed by atoms with van der Waals surface area (Å²) in [5, 5.41) is 8.41. The first-order valence-corrected chi connectivity index (χ1v) is 5.62. The van der Waals surface area contributed by atoms with Crippen LogP contribution in [0, 0.1) is 0 Å². The maximum absolute atomic E-state index is 8.41. The Labute approximate surface area is 110 Å². The summed E-state index contributed by atoms with van der Waals surface area (Å²) in [6.07, 6.45) is 10.1. The predicted octanol–water partition coefficient (Wildman–Crippen LogP) is 2.33. The van der Waals surface area contributed by atoms with Gasteiger partial charge in [-0.25, -0.2) is 9.97 Å². The van der Waals surface area contributed by atoms with Gasteiger partial charge in [-0.2, -0.15) is 0 Å². The van der Waals surface area contributed by atoms with E-state index in [9.17, 15) is 0 Å². The smallest absolute Gasteiger partial charge is 0.313 e. The van der Waals surface area contributed by atoms with Crippen molar-refractivity contribution in [3.63, 3.8) is 0 Å². The first-order valence-electron chi connectivity index (χ1n) is 5.62. The average molecular weight is 252 g/mol. The SMILES string of the molecule is Oc1ncccn1.c1cc(-c2ccncc2)ccn1. The molecule has 0 aliphatic heterocycles. The van der Waals surface area contributed by atoms with E-state index in [0.717, 1.165) is 0 Å². The van der Waals surface area contributed by atoms with E-state index >= 15 is 0 Å². The minimum absolute atomic E-state index is 0.178. The van der Waals surface area contributed by atoms with Gasteiger partial charge >= 0.3 is 6.01 Å². The van der Waals surface area contributed by atoms with Crippen LogP contribution in [0.1, 0.15) is 0 Å². The quantitative estimate of drug-likeness (QED) is 0.719. The zero-order chi connectivity index (χ0) is 13.3. The Bertz CT molecular complexity index is 550. The Kier molecular flexibility index (Phi) is 4.52. The first-order chi connectivity index (χ1) is 9.36. The molecule has 3 rings (SSSR count). The summed E-state index contributed by atoms with van der Waals surface area (Å²) in [5.41, 5.74) is 2.35. The summed E-state index contributed by atoms with van der Waals surface area (Å²) >= 11 is 0. The molecule has 0 spiro atoms. The van der Waals surface area contributed by atoms with E-state index in [1.807, 2.05) is 24.3 Å². The highest BCUT2D eigenvalue weighted by atomic mass is 16.3. The van der Waals surface area contributed by atoms with Crippen LogP contribution < -0.4 is 0 Å². The number of hydrogen-bond donors (Lipinski definition) is 1. The first kappa shape index (κ1) is 12.6. The lowest BCUT2D eigenvalue weighted by Crippen LogP contribution is -1.77. The van der Waals surface area contributed by atoms with Crippen molar-refractivity contribution in [3.05, 3.63) is 67.5 Å². The van der Waals surface area contributed by atoms with Gasteiger partial charge in [0.15, 0.2) is 0 Å². The molecule has 0 aliphatic carbocycles. The third-order valence-electron chi connectivity index (χ3n) is 2.25. The third-order valence-corrected chi connectivity index (χ3v) is 2.25. The molecule has 0 saturated carbocycles. The summed E-state index contributed by atoms with van der Waals surface area (Å²) in [5.74, 6) is 0. The predicted molar refractivity (Wildman–Crippen MR) is 71.2 cm³/mol. The second-order valence-electron chi connectivity index (χ2n) is 3.52. The largest absolute Gasteiger partial charge is 0.479 e. The highest BCUT2D eigenvalue weighted by Crippen LogP contribution is 2.15. The van der Waals surface area contributed by atoms with Crippen molar-refractivity contribution in [2.24, 2.45) is 0 Å². The maximum Gasteiger partial charge on any atom is 0.313 e. The number of aromatic nitrogens is 4. The molecule has 0 aliphatic rings. The molecule has 1 N–H and O–H groups in total. The molecule has 0 bridgehead atoms. The van der Waals surface area contributed by atoms with Crippen molar-refractivity contribution in [3.8, 4) is 17.1 Å². The van der Waals surface area contributed by atoms with Crippen molar-refractivity contribution < 1.29 is 5.11 Å². The van der Waals surface area contributed by atoms with Gasteiger partial charge in [0.2, 0.25) is 0 Å². The average Bonchev–Trinajstić information content (AvgIpc) is 2.51. The van der Waals surface area contributed by atoms with E-state index in [0.29, 0.717) is 0 Å². The van der Waals surface area contributed by atoms with Crippen LogP contribution in [0.3, 0.4) is 0 Å². The fourth-order valence-electron chi connectivity index (χ4n) is 1.38. The van der Waals surface area contributed by atoms with Gasteiger partial charge in [0.1, 0.15) is 0 Å². The van der Waals surface area contributed by atoms with Gasteiger partial charge < -0.3 is 5.11 Å². The molecule has 0 fully saturated rings. The molecule has 5 heteroatoms. The molecule has 3 heterocycles. The van der Waals surface area contributed by atoms with Gasteiger partial charge in [-0.05, 0) is 41.5 Å². The minimum atomic E-state index is -0.178. The molecule has 0 unspecified atom stereocenters. The maximum atomic E-state index is 8.41. The van der Waals surface area contributed by atoms with Crippen molar-refractivity contribution in [1.29, 1.82) is 0 Å². The fourth-order valence-corrected chi connectivity index (χ4v) is 1.38. The Morgan fingerprint density at radius 3 is 1.37 bits per heavy atom. The van der Waals surface area contributed by atoms with Gasteiger partial charge in [-0.1, -0.05) is 0 Å². The van der Waals surface area contributed by atoms with Crippen LogP contribution in [0.2, 0.25) is 0 Å². The zero-order valence-corrected chi connectivity index (χ0v) is 10.1. The normalized spacial score (nSPS) is 9.26. The topological polar surface area (TPSA) is 71.8 Å². The molecule has 0 saturated heterocycles. The van der Waals surface area contributed by atoms with Crippen molar-refractivity contribution in [2.45, 2.75) is 0 Å². The Hall–Kier alpha value is -2.82. The van der Waals surface area contributed by atoms with E-state index in [4.69, 9.17) is 5.11 Å². The van der Waals surface area contributed by atoms with E-state index in [1.165, 1.54) is 23.5 Å². The summed E-state index contributed by atoms with van der Waals surface area (Å²) in [6.45, 7) is 0. The standard InChI is InChI=1S/C10H8N2.C4H4N2O/c1-5-11-6-2-9(1)10-3-7-12-8-4-10;7-4-5-2-1-3-6-4/h1-8H;1-3H,(H,5,6,7). The van der Waals surface area contributed by atoms with E-state index < -0.39 is 0 Å². The number of aromatic hydroxyl groups is 1. The highest BCUT2D eigenvalue weighted by molar-refractivity contribution is 5.61. The van der Waals surface area contributed by atoms with Gasteiger partial charge in [0.05, 0.1) is 0 Å². The lowest BCUT2D eigenvalue weighted by atomic mass is 10.1. The summed E-state index contributed by atoms with van der Waals surface area (Å²) in [6, 6.07) is 9.39. The second kappa shape index (κ2) is 6.80. The lowest BCUT2D eigenvalue weighted by Gasteiger charge is -1.97. The van der Waals surface area contributed by atoms with Gasteiger partial charge in [-0.3, -0.25) is 9.97 Å². The monoisotopic (exact) mass is 252 g/mol. The van der Waals surface area contributed by atoms with Crippen LogP contribution in [0.5, 0.6) is 6.01 Å². The molecular weight excluding hydrogens is 240 g/mol. The van der Waals surface area contributed by atoms with Crippen molar-refractivity contribution in [2.75, 3.05) is 0 Å². The molecule has 0 amide bonds. The van der Waals surface area contributed by atoms with E-state index in [-0.39, 0.29) is 6.01 Å². The number of nitrogens with zero attached hydrogens (tertiary/aromatic N) is 4. The molecule has 0 atom stereocenters. The van der Waals surface area contributed by atoms with Crippen molar-refractivity contribution in [1.82, 2.24) is 19.9 Å². The number of hydrogen-bond acceptors (Lipinski definition) is 5. The Morgan fingerprint density at radius 1 is 0.632 bits per heavy atom. The van der Waals surface area contributed by atoms with Crippen LogP contribution >= 0.6 is 0 Å². The van der Waals surface area contributed by atoms with Crippen LogP contribution in [-0.2, 0) is 0 Å². The van der Waals surface area contributed by atoms with Gasteiger partial charge in [0, 0.05) is 37.2 Å². The molecule has 94 valence electrons. The molecule has 0 aromatic carbocycles. The van der Waals surface area contributed by atoms with Crippen molar-refractivity contribution >= 4 is 0 Å². The highest BCUT2D eigenvalue weighted by Gasteiger charge is 1.92. The van der Waals surface area contributed by atoms with Crippen LogP contribution in [0.15, 0.2) is 67.5 Å². The Morgan fingerprint density at radius 2 is 1.05 bits per heavy atom. The zero-order valence-electron chi connectivity index (χ0n) is 10.1. The minimum Gasteiger partial charge on any atom is -0.479 e. The number of rotatable bonds is 1. The van der Waals surface area contributed by atoms with E-state index in [1.54, 1.807) is 30.9 Å². The van der Waals surface area contributed by atoms with Crippen LogP contribution in [0.4, 0.5) is 0 Å². The van der Waals surface area contributed by atoms with E-state index in [2.05, 4.69) is 19.9 Å². The molecule has 19 heavy (non-hydrogen) atoms. The molecule has 0 radical (unpaired) electrons. The second-order valence-corrected chi connectivity index (χ2v) is 3.52. The Balaban J connectivity index is 0.000000163. The number of pyridine rings is 2. The molecular formula is C14H12N4O. The third kappa shape index (κ3) is 4.16.